The summed E-state index contributed by atoms with van der Waals surface area (Å²) in [6, 6.07) is 0. The van der Waals surface area contributed by atoms with Crippen LogP contribution in [0.1, 0.15) is 66.7 Å². The zero-order valence-electron chi connectivity index (χ0n) is 15.8. The van der Waals surface area contributed by atoms with Crippen molar-refractivity contribution in [2.45, 2.75) is 78.5 Å². The van der Waals surface area contributed by atoms with Crippen molar-refractivity contribution in [2.75, 3.05) is 0 Å². The molecule has 0 amide bonds. The molecule has 1 N–H and O–H groups in total. The highest BCUT2D eigenvalue weighted by molar-refractivity contribution is 6.01. The SMILES string of the molecule is CC(C)CC[C@H](C)CC(O)[C@@]1(F)C(C)CCC2=CC(=O)C=C[C@@]21C. The molecule has 136 valence electrons. The van der Waals surface area contributed by atoms with E-state index >= 15 is 4.39 Å². The number of hydrogen-bond acceptors (Lipinski definition) is 2. The molecule has 0 aromatic heterocycles. The van der Waals surface area contributed by atoms with E-state index in [2.05, 4.69) is 20.8 Å². The second-order valence-electron chi connectivity index (χ2n) is 8.64. The van der Waals surface area contributed by atoms with E-state index in [9.17, 15) is 9.90 Å². The molecular formula is C21H33FO2. The van der Waals surface area contributed by atoms with Gasteiger partial charge in [0.25, 0.3) is 0 Å². The Morgan fingerprint density at radius 2 is 2.00 bits per heavy atom. The smallest absolute Gasteiger partial charge is 0.178 e. The molecule has 0 saturated heterocycles. The highest BCUT2D eigenvalue weighted by atomic mass is 19.1. The number of halogens is 1. The molecule has 0 aliphatic heterocycles. The quantitative estimate of drug-likeness (QED) is 0.739. The third kappa shape index (κ3) is 3.37. The first-order valence-electron chi connectivity index (χ1n) is 9.42. The minimum atomic E-state index is -1.72. The van der Waals surface area contributed by atoms with Crippen LogP contribution in [0.25, 0.3) is 0 Å². The van der Waals surface area contributed by atoms with E-state index in [-0.39, 0.29) is 17.6 Å². The van der Waals surface area contributed by atoms with E-state index in [1.165, 1.54) is 6.08 Å². The number of allylic oxidation sites excluding steroid dienone is 4. The van der Waals surface area contributed by atoms with Crippen molar-refractivity contribution in [1.29, 1.82) is 0 Å². The summed E-state index contributed by atoms with van der Waals surface area (Å²) >= 11 is 0. The average Bonchev–Trinajstić information content (AvgIpc) is 2.51. The van der Waals surface area contributed by atoms with Gasteiger partial charge in [0.2, 0.25) is 0 Å². The summed E-state index contributed by atoms with van der Waals surface area (Å²) in [5.41, 5.74) is -1.76. The fourth-order valence-electron chi connectivity index (χ4n) is 4.49. The lowest BCUT2D eigenvalue weighted by Gasteiger charge is -2.53. The lowest BCUT2D eigenvalue weighted by molar-refractivity contribution is -0.122. The summed E-state index contributed by atoms with van der Waals surface area (Å²) in [6.07, 6.45) is 7.71. The van der Waals surface area contributed by atoms with Gasteiger partial charge >= 0.3 is 0 Å². The van der Waals surface area contributed by atoms with Gasteiger partial charge in [0.05, 0.1) is 6.10 Å². The Bertz CT molecular complexity index is 536. The van der Waals surface area contributed by atoms with Crippen LogP contribution in [0.4, 0.5) is 4.39 Å². The maximum absolute atomic E-state index is 16.3. The fraction of sp³-hybridized carbons (Fsp3) is 0.762. The lowest BCUT2D eigenvalue weighted by atomic mass is 9.54. The first kappa shape index (κ1) is 19.4. The number of carbonyl (C=O) groups excluding carboxylic acids is 1. The first-order valence-corrected chi connectivity index (χ1v) is 9.42. The highest BCUT2D eigenvalue weighted by Gasteiger charge is 2.60. The molecule has 0 radical (unpaired) electrons. The third-order valence-electron chi connectivity index (χ3n) is 6.27. The molecule has 5 atom stereocenters. The standard InChI is InChI=1S/C21H33FO2/c1-14(2)6-7-15(3)12-19(24)21(22)16(4)8-9-17-13-18(23)10-11-20(17,21)5/h10-11,13-16,19,24H,6-9,12H2,1-5H3/t15-,16?,19?,20-,21-/m0/s1. The molecule has 0 heterocycles. The molecule has 0 bridgehead atoms. The topological polar surface area (TPSA) is 37.3 Å². The molecule has 2 aliphatic rings. The molecule has 1 fully saturated rings. The van der Waals surface area contributed by atoms with Gasteiger partial charge in [-0.25, -0.2) is 4.39 Å². The Hall–Kier alpha value is -0.960. The van der Waals surface area contributed by atoms with E-state index in [0.29, 0.717) is 18.8 Å². The predicted octanol–water partition coefficient (Wildman–Crippen LogP) is 5.02. The molecule has 0 aromatic rings. The largest absolute Gasteiger partial charge is 0.390 e. The molecule has 2 aliphatic carbocycles. The van der Waals surface area contributed by atoms with Crippen molar-refractivity contribution >= 4 is 5.78 Å². The summed E-state index contributed by atoms with van der Waals surface area (Å²) in [5, 5.41) is 10.9. The monoisotopic (exact) mass is 336 g/mol. The fourth-order valence-corrected chi connectivity index (χ4v) is 4.49. The summed E-state index contributed by atoms with van der Waals surface area (Å²) in [6.45, 7) is 10.2. The second-order valence-corrected chi connectivity index (χ2v) is 8.64. The Morgan fingerprint density at radius 3 is 2.62 bits per heavy atom. The van der Waals surface area contributed by atoms with Crippen molar-refractivity contribution in [2.24, 2.45) is 23.2 Å². The van der Waals surface area contributed by atoms with Crippen LogP contribution in [0.2, 0.25) is 0 Å². The van der Waals surface area contributed by atoms with E-state index < -0.39 is 17.2 Å². The van der Waals surface area contributed by atoms with E-state index in [1.807, 2.05) is 13.8 Å². The predicted molar refractivity (Wildman–Crippen MR) is 96.4 cm³/mol. The zero-order valence-corrected chi connectivity index (χ0v) is 15.8. The second kappa shape index (κ2) is 7.11. The van der Waals surface area contributed by atoms with Crippen LogP contribution < -0.4 is 0 Å². The molecule has 3 heteroatoms. The number of aliphatic hydroxyl groups excluding tert-OH is 1. The highest BCUT2D eigenvalue weighted by Crippen LogP contribution is 2.57. The van der Waals surface area contributed by atoms with Gasteiger partial charge in [-0.15, -0.1) is 0 Å². The van der Waals surface area contributed by atoms with Crippen molar-refractivity contribution < 1.29 is 14.3 Å². The van der Waals surface area contributed by atoms with Crippen LogP contribution in [0.3, 0.4) is 0 Å². The van der Waals surface area contributed by atoms with Gasteiger partial charge in [-0.2, -0.15) is 0 Å². The normalized spacial score (nSPS) is 35.6. The number of ketones is 1. The van der Waals surface area contributed by atoms with Gasteiger partial charge < -0.3 is 5.11 Å². The lowest BCUT2D eigenvalue weighted by Crippen LogP contribution is -2.59. The molecule has 0 aromatic carbocycles. The Labute approximate surface area is 146 Å². The van der Waals surface area contributed by atoms with Gasteiger partial charge in [-0.3, -0.25) is 4.79 Å². The van der Waals surface area contributed by atoms with Crippen LogP contribution in [0, 0.1) is 23.2 Å². The minimum Gasteiger partial charge on any atom is -0.390 e. The summed E-state index contributed by atoms with van der Waals surface area (Å²) in [7, 11) is 0. The van der Waals surface area contributed by atoms with Gasteiger partial charge in [-0.1, -0.05) is 52.2 Å². The molecule has 2 unspecified atom stereocenters. The Morgan fingerprint density at radius 1 is 1.33 bits per heavy atom. The maximum atomic E-state index is 16.3. The number of hydrogen-bond donors (Lipinski definition) is 1. The van der Waals surface area contributed by atoms with Gasteiger partial charge in [-0.05, 0) is 56.1 Å². The molecule has 0 spiro atoms. The molecular weight excluding hydrogens is 303 g/mol. The van der Waals surface area contributed by atoms with Crippen LogP contribution in [-0.4, -0.2) is 22.7 Å². The van der Waals surface area contributed by atoms with Crippen molar-refractivity contribution in [1.82, 2.24) is 0 Å². The zero-order chi connectivity index (χ0) is 18.1. The molecule has 24 heavy (non-hydrogen) atoms. The summed E-state index contributed by atoms with van der Waals surface area (Å²) in [4.78, 5) is 11.7. The van der Waals surface area contributed by atoms with Crippen LogP contribution in [0.15, 0.2) is 23.8 Å². The van der Waals surface area contributed by atoms with Crippen LogP contribution >= 0.6 is 0 Å². The molecule has 1 saturated carbocycles. The Balaban J connectivity index is 2.22. The van der Waals surface area contributed by atoms with E-state index in [1.54, 1.807) is 12.2 Å². The summed E-state index contributed by atoms with van der Waals surface area (Å²) < 4.78 is 16.3. The minimum absolute atomic E-state index is 0.0702. The van der Waals surface area contributed by atoms with Gasteiger partial charge in [0.15, 0.2) is 11.5 Å². The number of rotatable bonds is 6. The van der Waals surface area contributed by atoms with Crippen molar-refractivity contribution in [3.63, 3.8) is 0 Å². The molecule has 2 rings (SSSR count). The number of carbonyl (C=O) groups is 1. The van der Waals surface area contributed by atoms with Gasteiger partial charge in [0.1, 0.15) is 0 Å². The number of aliphatic hydroxyl groups is 1. The molecule has 2 nitrogen and oxygen atoms in total. The number of alkyl halides is 1. The van der Waals surface area contributed by atoms with Crippen molar-refractivity contribution in [3.8, 4) is 0 Å². The van der Waals surface area contributed by atoms with E-state index in [4.69, 9.17) is 0 Å². The Kier molecular flexibility index (Phi) is 5.74. The van der Waals surface area contributed by atoms with Crippen LogP contribution in [-0.2, 0) is 4.79 Å². The summed E-state index contributed by atoms with van der Waals surface area (Å²) in [5.74, 6) is 0.607. The maximum Gasteiger partial charge on any atom is 0.178 e. The van der Waals surface area contributed by atoms with Crippen LogP contribution in [0.5, 0.6) is 0 Å². The number of fused-ring (bicyclic) bond motifs is 1. The van der Waals surface area contributed by atoms with E-state index in [0.717, 1.165) is 24.8 Å². The van der Waals surface area contributed by atoms with Crippen molar-refractivity contribution in [3.05, 3.63) is 23.8 Å². The first-order chi connectivity index (χ1) is 11.1. The van der Waals surface area contributed by atoms with Gasteiger partial charge in [0, 0.05) is 5.41 Å². The average molecular weight is 336 g/mol. The third-order valence-corrected chi connectivity index (χ3v) is 6.27.